The Balaban J connectivity index is 1.74. The molecule has 2 unspecified atom stereocenters. The van der Waals surface area contributed by atoms with Crippen LogP contribution in [0.5, 0.6) is 0 Å². The second-order valence-corrected chi connectivity index (χ2v) is 6.58. The predicted octanol–water partition coefficient (Wildman–Crippen LogP) is 4.35. The van der Waals surface area contributed by atoms with Crippen molar-refractivity contribution in [3.05, 3.63) is 69.3 Å². The van der Waals surface area contributed by atoms with E-state index in [2.05, 4.69) is 36.5 Å². The Hall–Kier alpha value is -2.91. The van der Waals surface area contributed by atoms with E-state index in [9.17, 15) is 15.4 Å². The summed E-state index contributed by atoms with van der Waals surface area (Å²) < 4.78 is 6.02. The molecule has 1 aliphatic heterocycles. The lowest BCUT2D eigenvalue weighted by atomic mass is 9.89. The maximum atomic E-state index is 10.9. The van der Waals surface area contributed by atoms with Crippen LogP contribution in [0.3, 0.4) is 0 Å². The van der Waals surface area contributed by atoms with Crippen molar-refractivity contribution in [3.63, 3.8) is 0 Å². The van der Waals surface area contributed by atoms with Gasteiger partial charge in [-0.1, -0.05) is 29.8 Å². The quantitative estimate of drug-likeness (QED) is 0.639. The number of hydrogen-bond acceptors (Lipinski definition) is 5. The highest BCUT2D eigenvalue weighted by Gasteiger charge is 2.27. The van der Waals surface area contributed by atoms with E-state index in [-0.39, 0.29) is 23.3 Å². The second-order valence-electron chi connectivity index (χ2n) is 6.58. The van der Waals surface area contributed by atoms with E-state index in [1.165, 1.54) is 17.7 Å². The number of nitro groups is 1. The molecule has 0 spiro atoms. The Kier molecular flexibility index (Phi) is 5.49. The van der Waals surface area contributed by atoms with Crippen molar-refractivity contribution in [3.8, 4) is 6.07 Å². The van der Waals surface area contributed by atoms with Gasteiger partial charge in [-0.3, -0.25) is 10.1 Å². The smallest absolute Gasteiger partial charge is 0.270 e. The zero-order valence-electron chi connectivity index (χ0n) is 14.6. The molecule has 0 saturated carbocycles. The number of anilines is 1. The van der Waals surface area contributed by atoms with Gasteiger partial charge in [0.25, 0.3) is 5.69 Å². The van der Waals surface area contributed by atoms with Gasteiger partial charge in [0.15, 0.2) is 0 Å². The Morgan fingerprint density at radius 2 is 2.08 bits per heavy atom. The minimum absolute atomic E-state index is 0.0143. The van der Waals surface area contributed by atoms with Crippen LogP contribution in [0.4, 0.5) is 11.4 Å². The lowest BCUT2D eigenvalue weighted by Gasteiger charge is -2.32. The first-order chi connectivity index (χ1) is 12.6. The zero-order valence-corrected chi connectivity index (χ0v) is 14.6. The predicted molar refractivity (Wildman–Crippen MR) is 98.9 cm³/mol. The van der Waals surface area contributed by atoms with Crippen molar-refractivity contribution in [2.24, 2.45) is 5.92 Å². The van der Waals surface area contributed by atoms with E-state index < -0.39 is 4.92 Å². The van der Waals surface area contributed by atoms with Crippen LogP contribution >= 0.6 is 0 Å². The summed E-state index contributed by atoms with van der Waals surface area (Å²) in [7, 11) is 0. The van der Waals surface area contributed by atoms with Gasteiger partial charge in [-0.2, -0.15) is 5.26 Å². The van der Waals surface area contributed by atoms with Crippen molar-refractivity contribution in [2.75, 3.05) is 18.5 Å². The first-order valence-corrected chi connectivity index (χ1v) is 8.69. The fourth-order valence-electron chi connectivity index (χ4n) is 3.31. The average molecular weight is 351 g/mol. The number of hydrogen-bond donors (Lipinski definition) is 1. The van der Waals surface area contributed by atoms with Crippen molar-refractivity contribution >= 4 is 11.4 Å². The lowest BCUT2D eigenvalue weighted by molar-refractivity contribution is -0.384. The van der Waals surface area contributed by atoms with Crippen LogP contribution in [0.15, 0.2) is 42.5 Å². The Labute approximate surface area is 152 Å². The van der Waals surface area contributed by atoms with Gasteiger partial charge in [-0.25, -0.2) is 0 Å². The first-order valence-electron chi connectivity index (χ1n) is 8.69. The minimum atomic E-state index is -0.493. The molecule has 26 heavy (non-hydrogen) atoms. The van der Waals surface area contributed by atoms with E-state index in [1.54, 1.807) is 6.07 Å². The molecule has 0 amide bonds. The molecule has 1 heterocycles. The summed E-state index contributed by atoms with van der Waals surface area (Å²) in [6.07, 6.45) is 2.04. The molecular formula is C20H21N3O3. The Morgan fingerprint density at radius 1 is 1.31 bits per heavy atom. The summed E-state index contributed by atoms with van der Waals surface area (Å²) >= 11 is 0. The lowest BCUT2D eigenvalue weighted by Crippen LogP contribution is -2.28. The molecule has 2 atom stereocenters. The average Bonchev–Trinajstić information content (AvgIpc) is 2.67. The number of rotatable bonds is 5. The molecule has 0 aromatic heterocycles. The molecule has 1 N–H and O–H groups in total. The highest BCUT2D eigenvalue weighted by Crippen LogP contribution is 2.34. The highest BCUT2D eigenvalue weighted by atomic mass is 16.6. The van der Waals surface area contributed by atoms with Crippen LogP contribution in [-0.2, 0) is 4.74 Å². The summed E-state index contributed by atoms with van der Waals surface area (Å²) in [4.78, 5) is 10.4. The summed E-state index contributed by atoms with van der Waals surface area (Å²) in [6, 6.07) is 14.7. The summed E-state index contributed by atoms with van der Waals surface area (Å²) in [5, 5.41) is 23.4. The number of aryl methyl sites for hydroxylation is 1. The molecule has 1 fully saturated rings. The van der Waals surface area contributed by atoms with Crippen molar-refractivity contribution < 1.29 is 9.66 Å². The van der Waals surface area contributed by atoms with Crippen molar-refractivity contribution in [2.45, 2.75) is 25.9 Å². The molecule has 2 aromatic carbocycles. The van der Waals surface area contributed by atoms with Crippen LogP contribution in [0.25, 0.3) is 0 Å². The van der Waals surface area contributed by atoms with Gasteiger partial charge in [-0.05, 0) is 31.4 Å². The molecule has 1 saturated heterocycles. The fourth-order valence-corrected chi connectivity index (χ4v) is 3.31. The van der Waals surface area contributed by atoms with Gasteiger partial charge in [0.2, 0.25) is 0 Å². The van der Waals surface area contributed by atoms with Gasteiger partial charge < -0.3 is 10.1 Å². The Morgan fingerprint density at radius 3 is 2.77 bits per heavy atom. The topological polar surface area (TPSA) is 88.2 Å². The third-order valence-electron chi connectivity index (χ3n) is 4.74. The van der Waals surface area contributed by atoms with Crippen LogP contribution in [0, 0.1) is 34.3 Å². The number of ether oxygens (including phenoxy) is 1. The van der Waals surface area contributed by atoms with Gasteiger partial charge in [-0.15, -0.1) is 0 Å². The van der Waals surface area contributed by atoms with Crippen LogP contribution in [0.1, 0.15) is 35.6 Å². The fraction of sp³-hybridized carbons (Fsp3) is 0.350. The van der Waals surface area contributed by atoms with Crippen molar-refractivity contribution in [1.82, 2.24) is 0 Å². The molecule has 2 aromatic rings. The minimum Gasteiger partial charge on any atom is -0.384 e. The summed E-state index contributed by atoms with van der Waals surface area (Å²) in [5.41, 5.74) is 3.19. The normalized spacial score (nSPS) is 19.5. The first kappa shape index (κ1) is 17.9. The monoisotopic (exact) mass is 351 g/mol. The summed E-state index contributed by atoms with van der Waals surface area (Å²) in [5.74, 6) is 0.271. The van der Waals surface area contributed by atoms with Gasteiger partial charge in [0.1, 0.15) is 6.07 Å². The largest absolute Gasteiger partial charge is 0.384 e. The van der Waals surface area contributed by atoms with Gasteiger partial charge in [0, 0.05) is 31.2 Å². The van der Waals surface area contributed by atoms with E-state index >= 15 is 0 Å². The maximum absolute atomic E-state index is 10.9. The molecule has 0 radical (unpaired) electrons. The summed E-state index contributed by atoms with van der Waals surface area (Å²) in [6.45, 7) is 3.45. The SMILES string of the molecule is Cc1ccc(C2OCCCC2CNc2ccc([N+](=O)[O-])cc2C#N)cc1. The third kappa shape index (κ3) is 4.01. The molecule has 6 heteroatoms. The van der Waals surface area contributed by atoms with Crippen LogP contribution in [0.2, 0.25) is 0 Å². The molecular weight excluding hydrogens is 330 g/mol. The zero-order chi connectivity index (χ0) is 18.5. The van der Waals surface area contributed by atoms with Crippen molar-refractivity contribution in [1.29, 1.82) is 5.26 Å². The number of nitriles is 1. The van der Waals surface area contributed by atoms with Gasteiger partial charge in [0.05, 0.1) is 22.3 Å². The third-order valence-corrected chi connectivity index (χ3v) is 4.74. The molecule has 1 aliphatic rings. The van der Waals surface area contributed by atoms with Crippen LogP contribution < -0.4 is 5.32 Å². The van der Waals surface area contributed by atoms with E-state index in [1.807, 2.05) is 6.07 Å². The van der Waals surface area contributed by atoms with E-state index in [0.29, 0.717) is 12.2 Å². The second kappa shape index (κ2) is 7.98. The number of nitrogens with one attached hydrogen (secondary N) is 1. The highest BCUT2D eigenvalue weighted by molar-refractivity contribution is 5.61. The van der Waals surface area contributed by atoms with E-state index in [0.717, 1.165) is 25.0 Å². The number of benzene rings is 2. The maximum Gasteiger partial charge on any atom is 0.270 e. The molecule has 6 nitrogen and oxygen atoms in total. The number of nitro benzene ring substituents is 1. The van der Waals surface area contributed by atoms with Gasteiger partial charge >= 0.3 is 0 Å². The molecule has 3 rings (SSSR count). The number of nitrogens with zero attached hydrogens (tertiary/aromatic N) is 2. The molecule has 0 bridgehead atoms. The van der Waals surface area contributed by atoms with Crippen LogP contribution in [-0.4, -0.2) is 18.1 Å². The Bertz CT molecular complexity index is 827. The molecule has 0 aliphatic carbocycles. The van der Waals surface area contributed by atoms with E-state index in [4.69, 9.17) is 4.74 Å². The number of non-ortho nitro benzene ring substituents is 1. The molecule has 134 valence electrons. The standard InChI is InChI=1S/C20H21N3O3/c1-14-4-6-15(7-5-14)20-16(3-2-10-26-20)13-22-19-9-8-18(23(24)25)11-17(19)12-21/h4-9,11,16,20,22H,2-3,10,13H2,1H3.